The van der Waals surface area contributed by atoms with Gasteiger partial charge in [0, 0.05) is 25.3 Å². The number of fused-ring (bicyclic) bond motifs is 1. The molecular formula is C24H29N3O5S2. The first-order chi connectivity index (χ1) is 16.2. The number of amides is 2. The summed E-state index contributed by atoms with van der Waals surface area (Å²) in [6.45, 7) is 6.20. The van der Waals surface area contributed by atoms with Crippen molar-refractivity contribution >= 4 is 39.3 Å². The van der Waals surface area contributed by atoms with Crippen LogP contribution >= 0.6 is 11.8 Å². The Hall–Kier alpha value is -2.56. The lowest BCUT2D eigenvalue weighted by Crippen LogP contribution is -2.48. The van der Waals surface area contributed by atoms with Crippen molar-refractivity contribution in [3.05, 3.63) is 48.5 Å². The van der Waals surface area contributed by atoms with Gasteiger partial charge in [0.05, 0.1) is 15.5 Å². The molecule has 0 aromatic heterocycles. The summed E-state index contributed by atoms with van der Waals surface area (Å²) in [5.41, 5.74) is 0.243. The van der Waals surface area contributed by atoms with Gasteiger partial charge >= 0.3 is 0 Å². The molecule has 2 amide bonds. The summed E-state index contributed by atoms with van der Waals surface area (Å²) >= 11 is 1.60. The second-order valence-corrected chi connectivity index (χ2v) is 11.9. The van der Waals surface area contributed by atoms with Gasteiger partial charge in [-0.15, -0.1) is 11.8 Å². The molecule has 2 aliphatic heterocycles. The number of ether oxygens (including phenoxy) is 1. The van der Waals surface area contributed by atoms with E-state index in [1.807, 2.05) is 25.1 Å². The van der Waals surface area contributed by atoms with E-state index in [1.165, 1.54) is 16.4 Å². The van der Waals surface area contributed by atoms with Crippen LogP contribution < -0.4 is 10.1 Å². The van der Waals surface area contributed by atoms with Gasteiger partial charge < -0.3 is 15.0 Å². The van der Waals surface area contributed by atoms with Gasteiger partial charge in [-0.2, -0.15) is 4.31 Å². The van der Waals surface area contributed by atoms with Gasteiger partial charge in [0.15, 0.2) is 5.75 Å². The zero-order chi connectivity index (χ0) is 24.5. The summed E-state index contributed by atoms with van der Waals surface area (Å²) in [5.74, 6) is 0.962. The van der Waals surface area contributed by atoms with Crippen molar-refractivity contribution < 1.29 is 22.7 Å². The smallest absolute Gasteiger partial charge is 0.248 e. The van der Waals surface area contributed by atoms with Gasteiger partial charge in [0.1, 0.15) is 11.8 Å². The molecule has 2 heterocycles. The van der Waals surface area contributed by atoms with E-state index in [0.29, 0.717) is 43.2 Å². The lowest BCUT2D eigenvalue weighted by molar-refractivity contribution is -0.135. The second-order valence-electron chi connectivity index (χ2n) is 8.42. The average Bonchev–Trinajstić information content (AvgIpc) is 3.31. The fourth-order valence-electron chi connectivity index (χ4n) is 4.42. The molecule has 2 aromatic carbocycles. The van der Waals surface area contributed by atoms with Gasteiger partial charge in [-0.1, -0.05) is 32.0 Å². The quantitative estimate of drug-likeness (QED) is 0.587. The lowest BCUT2D eigenvalue weighted by atomic mass is 10.2. The average molecular weight is 504 g/mol. The minimum atomic E-state index is -3.74. The predicted octanol–water partition coefficient (Wildman–Crippen LogP) is 3.90. The normalized spacial score (nSPS) is 22.2. The number of thioether (sulfide) groups is 1. The van der Waals surface area contributed by atoms with Crippen molar-refractivity contribution in [1.29, 1.82) is 0 Å². The van der Waals surface area contributed by atoms with Crippen molar-refractivity contribution in [2.75, 3.05) is 24.2 Å². The first-order valence-corrected chi connectivity index (χ1v) is 13.8. The zero-order valence-electron chi connectivity index (χ0n) is 19.5. The number of anilines is 1. The van der Waals surface area contributed by atoms with Crippen molar-refractivity contribution in [2.45, 2.75) is 49.4 Å². The van der Waals surface area contributed by atoms with Crippen LogP contribution in [-0.2, 0) is 19.6 Å². The molecule has 0 aliphatic carbocycles. The number of rotatable bonds is 8. The number of carbonyl (C=O) groups is 2. The number of sulfonamides is 1. The number of para-hydroxylation sites is 1. The third-order valence-electron chi connectivity index (χ3n) is 6.27. The van der Waals surface area contributed by atoms with Crippen molar-refractivity contribution in [2.24, 2.45) is 0 Å². The Labute approximate surface area is 204 Å². The second kappa shape index (κ2) is 9.59. The maximum absolute atomic E-state index is 13.3. The highest BCUT2D eigenvalue weighted by atomic mass is 32.2. The third kappa shape index (κ3) is 4.54. The fraction of sp³-hybridized carbons (Fsp3) is 0.417. The summed E-state index contributed by atoms with van der Waals surface area (Å²) in [6, 6.07) is 12.9. The molecule has 2 saturated heterocycles. The summed E-state index contributed by atoms with van der Waals surface area (Å²) in [4.78, 5) is 27.2. The molecule has 8 nitrogen and oxygen atoms in total. The van der Waals surface area contributed by atoms with E-state index >= 15 is 0 Å². The lowest BCUT2D eigenvalue weighted by Gasteiger charge is -2.30. The number of nitrogens with zero attached hydrogens (tertiary/aromatic N) is 2. The Morgan fingerprint density at radius 1 is 1.21 bits per heavy atom. The number of benzene rings is 2. The van der Waals surface area contributed by atoms with Crippen molar-refractivity contribution in [3.63, 3.8) is 0 Å². The Morgan fingerprint density at radius 2 is 1.91 bits per heavy atom. The van der Waals surface area contributed by atoms with Gasteiger partial charge in [-0.25, -0.2) is 8.42 Å². The Bertz CT molecular complexity index is 1180. The monoisotopic (exact) mass is 503 g/mol. The standard InChI is InChI=1S/C24H29N3O5S2/c1-4-26(5-2)34(30,31)18-11-12-21(32-17-9-7-6-8-10-17)19(15-18)25-23(29)20-16-33-24(3)14-13-22(28)27(20)24/h6-12,15,20H,4-5,13-14,16H2,1-3H3,(H,25,29)/t20-,24+/m0/s1. The summed E-state index contributed by atoms with van der Waals surface area (Å²) < 4.78 is 33.5. The molecule has 0 bridgehead atoms. The van der Waals surface area contributed by atoms with E-state index in [4.69, 9.17) is 4.74 Å². The maximum atomic E-state index is 13.3. The summed E-state index contributed by atoms with van der Waals surface area (Å²) in [5, 5.41) is 2.86. The number of hydrogen-bond acceptors (Lipinski definition) is 6. The Kier molecular flexibility index (Phi) is 6.93. The first kappa shape index (κ1) is 24.6. The van der Waals surface area contributed by atoms with Crippen LogP contribution in [0.25, 0.3) is 0 Å². The topological polar surface area (TPSA) is 96.0 Å². The van der Waals surface area contributed by atoms with Gasteiger partial charge in [-0.05, 0) is 43.7 Å². The van der Waals surface area contributed by atoms with Crippen LogP contribution in [0.5, 0.6) is 11.5 Å². The summed E-state index contributed by atoms with van der Waals surface area (Å²) in [7, 11) is -3.74. The highest BCUT2D eigenvalue weighted by Gasteiger charge is 2.53. The summed E-state index contributed by atoms with van der Waals surface area (Å²) in [6.07, 6.45) is 1.13. The van der Waals surface area contributed by atoms with Gasteiger partial charge in [0.2, 0.25) is 21.8 Å². The molecule has 1 N–H and O–H groups in total. The molecule has 34 heavy (non-hydrogen) atoms. The molecule has 2 aliphatic rings. The Balaban J connectivity index is 1.68. The molecule has 2 fully saturated rings. The first-order valence-electron chi connectivity index (χ1n) is 11.3. The highest BCUT2D eigenvalue weighted by molar-refractivity contribution is 8.01. The van der Waals surface area contributed by atoms with E-state index < -0.39 is 16.1 Å². The largest absolute Gasteiger partial charge is 0.455 e. The number of carbonyl (C=O) groups excluding carboxylic acids is 2. The maximum Gasteiger partial charge on any atom is 0.248 e. The van der Waals surface area contributed by atoms with E-state index in [2.05, 4.69) is 5.32 Å². The van der Waals surface area contributed by atoms with Crippen LogP contribution in [0.3, 0.4) is 0 Å². The molecule has 4 rings (SSSR count). The van der Waals surface area contributed by atoms with E-state index in [-0.39, 0.29) is 27.3 Å². The molecule has 2 aromatic rings. The van der Waals surface area contributed by atoms with Gasteiger partial charge in [-0.3, -0.25) is 9.59 Å². The van der Waals surface area contributed by atoms with Crippen LogP contribution in [-0.4, -0.2) is 59.2 Å². The molecule has 182 valence electrons. The molecule has 0 saturated carbocycles. The molecule has 10 heteroatoms. The zero-order valence-corrected chi connectivity index (χ0v) is 21.1. The fourth-order valence-corrected chi connectivity index (χ4v) is 7.33. The molecule has 0 unspecified atom stereocenters. The SMILES string of the molecule is CCN(CC)S(=O)(=O)c1ccc(Oc2ccccc2)c(NC(=O)[C@@H]2CS[C@]3(C)CCC(=O)N23)c1. The molecule has 0 radical (unpaired) electrons. The predicted molar refractivity (Wildman–Crippen MR) is 132 cm³/mol. The third-order valence-corrected chi connectivity index (χ3v) is 9.82. The van der Waals surface area contributed by atoms with Crippen molar-refractivity contribution in [1.82, 2.24) is 9.21 Å². The van der Waals surface area contributed by atoms with Crippen LogP contribution in [0.4, 0.5) is 5.69 Å². The van der Waals surface area contributed by atoms with E-state index in [9.17, 15) is 18.0 Å². The van der Waals surface area contributed by atoms with Crippen LogP contribution in [0.2, 0.25) is 0 Å². The number of nitrogens with one attached hydrogen (secondary N) is 1. The minimum absolute atomic E-state index is 0.0359. The Morgan fingerprint density at radius 3 is 2.59 bits per heavy atom. The van der Waals surface area contributed by atoms with Crippen LogP contribution in [0.1, 0.15) is 33.6 Å². The molecular weight excluding hydrogens is 474 g/mol. The van der Waals surface area contributed by atoms with Crippen molar-refractivity contribution in [3.8, 4) is 11.5 Å². The minimum Gasteiger partial charge on any atom is -0.455 e. The molecule has 2 atom stereocenters. The van der Waals surface area contributed by atoms with Gasteiger partial charge in [0.25, 0.3) is 0 Å². The molecule has 0 spiro atoms. The van der Waals surface area contributed by atoms with Crippen LogP contribution in [0, 0.1) is 0 Å². The number of hydrogen-bond donors (Lipinski definition) is 1. The highest BCUT2D eigenvalue weighted by Crippen LogP contribution is 2.47. The van der Waals surface area contributed by atoms with E-state index in [0.717, 1.165) is 0 Å². The van der Waals surface area contributed by atoms with Crippen LogP contribution in [0.15, 0.2) is 53.4 Å². The van der Waals surface area contributed by atoms with E-state index in [1.54, 1.807) is 48.7 Å².